The number of aromatic nitrogens is 1. The van der Waals surface area contributed by atoms with Gasteiger partial charge in [-0.1, -0.05) is 82.7 Å². The molecule has 0 unspecified atom stereocenters. The summed E-state index contributed by atoms with van der Waals surface area (Å²) in [5, 5.41) is 5.24. The second kappa shape index (κ2) is 7.31. The monoisotopic (exact) mass is 503 g/mol. The molecule has 2 aromatic heterocycles. The molecule has 2 heterocycles. The Bertz CT molecular complexity index is 1810. The van der Waals surface area contributed by atoms with Crippen LogP contribution in [0.2, 0.25) is 0 Å². The standard InChI is InChI=1S/C30H18BrNS/c31-20-16-14-19(15-17-20)24-18-25-22-10-4-6-12-26(22)32(21-8-2-1-3-9-21)29(25)30-28(24)23-11-5-7-13-27(23)33-30/h1-18H. The second-order valence-electron chi connectivity index (χ2n) is 8.32. The quantitative estimate of drug-likeness (QED) is 0.221. The first kappa shape index (κ1) is 19.1. The van der Waals surface area contributed by atoms with Crippen LogP contribution in [0.25, 0.3) is 58.8 Å². The van der Waals surface area contributed by atoms with E-state index in [1.807, 2.05) is 11.3 Å². The van der Waals surface area contributed by atoms with Crippen LogP contribution in [-0.4, -0.2) is 4.57 Å². The lowest BCUT2D eigenvalue weighted by molar-refractivity contribution is 1.19. The van der Waals surface area contributed by atoms with Gasteiger partial charge in [-0.25, -0.2) is 0 Å². The normalized spacial score (nSPS) is 11.8. The Morgan fingerprint density at radius 3 is 2.15 bits per heavy atom. The van der Waals surface area contributed by atoms with Crippen molar-refractivity contribution in [1.29, 1.82) is 0 Å². The molecule has 33 heavy (non-hydrogen) atoms. The van der Waals surface area contributed by atoms with Crippen molar-refractivity contribution in [3.05, 3.63) is 114 Å². The number of fused-ring (bicyclic) bond motifs is 7. The molecule has 0 aliphatic heterocycles. The summed E-state index contributed by atoms with van der Waals surface area (Å²) in [7, 11) is 0. The predicted octanol–water partition coefficient (Wildman–Crippen LogP) is 9.58. The van der Waals surface area contributed by atoms with E-state index in [1.54, 1.807) is 0 Å². The van der Waals surface area contributed by atoms with Crippen molar-refractivity contribution in [2.24, 2.45) is 0 Å². The highest BCUT2D eigenvalue weighted by Gasteiger charge is 2.20. The summed E-state index contributed by atoms with van der Waals surface area (Å²) >= 11 is 5.50. The maximum atomic E-state index is 3.60. The molecule has 0 aliphatic carbocycles. The Labute approximate surface area is 203 Å². The Morgan fingerprint density at radius 2 is 1.33 bits per heavy atom. The molecular weight excluding hydrogens is 486 g/mol. The van der Waals surface area contributed by atoms with E-state index < -0.39 is 0 Å². The van der Waals surface area contributed by atoms with Crippen LogP contribution in [0.3, 0.4) is 0 Å². The zero-order valence-corrected chi connectivity index (χ0v) is 20.0. The van der Waals surface area contributed by atoms with Gasteiger partial charge in [-0.3, -0.25) is 0 Å². The van der Waals surface area contributed by atoms with Crippen LogP contribution in [0.5, 0.6) is 0 Å². The topological polar surface area (TPSA) is 4.93 Å². The zero-order chi connectivity index (χ0) is 21.9. The van der Waals surface area contributed by atoms with Gasteiger partial charge in [-0.05, 0) is 53.6 Å². The van der Waals surface area contributed by atoms with E-state index in [1.165, 1.54) is 58.8 Å². The van der Waals surface area contributed by atoms with E-state index in [2.05, 4.69) is 130 Å². The Balaban J connectivity index is 1.76. The van der Waals surface area contributed by atoms with Gasteiger partial charge in [0, 0.05) is 36.4 Å². The third-order valence-electron chi connectivity index (χ3n) is 6.45. The molecule has 0 spiro atoms. The van der Waals surface area contributed by atoms with Gasteiger partial charge in [0.15, 0.2) is 0 Å². The summed E-state index contributed by atoms with van der Waals surface area (Å²) in [6.07, 6.45) is 0. The van der Waals surface area contributed by atoms with Crippen LogP contribution in [0.15, 0.2) is 114 Å². The average Bonchev–Trinajstić information content (AvgIpc) is 3.41. The number of nitrogens with zero attached hydrogens (tertiary/aromatic N) is 1. The maximum absolute atomic E-state index is 3.60. The van der Waals surface area contributed by atoms with Gasteiger partial charge in [0.2, 0.25) is 0 Å². The van der Waals surface area contributed by atoms with Crippen molar-refractivity contribution in [3.63, 3.8) is 0 Å². The lowest BCUT2D eigenvalue weighted by Gasteiger charge is -2.11. The molecule has 7 rings (SSSR count). The maximum Gasteiger partial charge on any atom is 0.0720 e. The number of thiophene rings is 1. The number of hydrogen-bond donors (Lipinski definition) is 0. The average molecular weight is 504 g/mol. The fraction of sp³-hybridized carbons (Fsp3) is 0. The summed E-state index contributed by atoms with van der Waals surface area (Å²) in [6.45, 7) is 0. The van der Waals surface area contributed by atoms with Crippen molar-refractivity contribution in [2.45, 2.75) is 0 Å². The lowest BCUT2D eigenvalue weighted by atomic mass is 9.97. The molecular formula is C30H18BrNS. The van der Waals surface area contributed by atoms with Gasteiger partial charge in [0.1, 0.15) is 0 Å². The van der Waals surface area contributed by atoms with E-state index in [0.717, 1.165) is 4.47 Å². The molecule has 5 aromatic carbocycles. The number of rotatable bonds is 2. The van der Waals surface area contributed by atoms with Gasteiger partial charge in [0.05, 0.1) is 15.7 Å². The number of hydrogen-bond acceptors (Lipinski definition) is 1. The Kier molecular flexibility index (Phi) is 4.23. The summed E-state index contributed by atoms with van der Waals surface area (Å²) < 4.78 is 6.20. The molecule has 0 radical (unpaired) electrons. The van der Waals surface area contributed by atoms with Gasteiger partial charge >= 0.3 is 0 Å². The molecule has 0 amide bonds. The molecule has 3 heteroatoms. The van der Waals surface area contributed by atoms with E-state index >= 15 is 0 Å². The molecule has 7 aromatic rings. The summed E-state index contributed by atoms with van der Waals surface area (Å²) in [6, 6.07) is 39.4. The van der Waals surface area contributed by atoms with Crippen LogP contribution in [0, 0.1) is 0 Å². The molecule has 0 atom stereocenters. The molecule has 156 valence electrons. The van der Waals surface area contributed by atoms with Crippen LogP contribution >= 0.6 is 27.3 Å². The second-order valence-corrected chi connectivity index (χ2v) is 10.3. The Morgan fingerprint density at radius 1 is 0.636 bits per heavy atom. The molecule has 0 aliphatic rings. The third-order valence-corrected chi connectivity index (χ3v) is 8.16. The smallest absolute Gasteiger partial charge is 0.0720 e. The van der Waals surface area contributed by atoms with Gasteiger partial charge in [-0.15, -0.1) is 11.3 Å². The SMILES string of the molecule is Brc1ccc(-c2cc3c4ccccc4n(-c4ccccc4)c3c3sc4ccccc4c23)cc1. The highest BCUT2D eigenvalue weighted by Crippen LogP contribution is 2.47. The van der Waals surface area contributed by atoms with Crippen molar-refractivity contribution >= 4 is 69.2 Å². The van der Waals surface area contributed by atoms with Crippen LogP contribution in [-0.2, 0) is 0 Å². The fourth-order valence-corrected chi connectivity index (χ4v) is 6.56. The van der Waals surface area contributed by atoms with Gasteiger partial charge in [-0.2, -0.15) is 0 Å². The highest BCUT2D eigenvalue weighted by molar-refractivity contribution is 9.10. The van der Waals surface area contributed by atoms with Crippen LogP contribution in [0.4, 0.5) is 0 Å². The number of benzene rings is 5. The first-order valence-electron chi connectivity index (χ1n) is 11.0. The first-order valence-corrected chi connectivity index (χ1v) is 12.6. The first-order chi connectivity index (χ1) is 16.3. The predicted molar refractivity (Wildman–Crippen MR) is 147 cm³/mol. The van der Waals surface area contributed by atoms with Crippen molar-refractivity contribution in [3.8, 4) is 16.8 Å². The zero-order valence-electron chi connectivity index (χ0n) is 17.6. The van der Waals surface area contributed by atoms with E-state index in [9.17, 15) is 0 Å². The van der Waals surface area contributed by atoms with E-state index in [-0.39, 0.29) is 0 Å². The van der Waals surface area contributed by atoms with E-state index in [0.29, 0.717) is 0 Å². The lowest BCUT2D eigenvalue weighted by Crippen LogP contribution is -1.93. The Hall–Kier alpha value is -3.40. The highest BCUT2D eigenvalue weighted by atomic mass is 79.9. The number of halogens is 1. The summed E-state index contributed by atoms with van der Waals surface area (Å²) in [5.74, 6) is 0. The molecule has 0 bridgehead atoms. The molecule has 1 nitrogen and oxygen atoms in total. The van der Waals surface area contributed by atoms with Crippen LogP contribution < -0.4 is 0 Å². The molecule has 0 saturated heterocycles. The molecule has 0 fully saturated rings. The van der Waals surface area contributed by atoms with E-state index in [4.69, 9.17) is 0 Å². The molecule has 0 N–H and O–H groups in total. The van der Waals surface area contributed by atoms with Gasteiger partial charge in [0.25, 0.3) is 0 Å². The number of para-hydroxylation sites is 2. The fourth-order valence-electron chi connectivity index (χ4n) is 5.03. The molecule has 0 saturated carbocycles. The van der Waals surface area contributed by atoms with Crippen molar-refractivity contribution in [1.82, 2.24) is 4.57 Å². The minimum Gasteiger partial charge on any atom is -0.308 e. The minimum atomic E-state index is 1.10. The summed E-state index contributed by atoms with van der Waals surface area (Å²) in [4.78, 5) is 0. The largest absolute Gasteiger partial charge is 0.308 e. The van der Waals surface area contributed by atoms with Crippen molar-refractivity contribution < 1.29 is 0 Å². The van der Waals surface area contributed by atoms with Gasteiger partial charge < -0.3 is 4.57 Å². The van der Waals surface area contributed by atoms with Crippen molar-refractivity contribution in [2.75, 3.05) is 0 Å². The third kappa shape index (κ3) is 2.83. The van der Waals surface area contributed by atoms with Crippen LogP contribution in [0.1, 0.15) is 0 Å². The summed E-state index contributed by atoms with van der Waals surface area (Å²) in [5.41, 5.74) is 6.26. The minimum absolute atomic E-state index is 1.10.